The molecule has 0 unspecified atom stereocenters. The van der Waals surface area contributed by atoms with Crippen LogP contribution in [0, 0.1) is 13.8 Å². The molecule has 2 N–H and O–H groups in total. The zero-order valence-electron chi connectivity index (χ0n) is 14.7. The van der Waals surface area contributed by atoms with Gasteiger partial charge in [0.1, 0.15) is 0 Å². The van der Waals surface area contributed by atoms with E-state index in [4.69, 9.17) is 4.74 Å². The first-order chi connectivity index (χ1) is 11.3. The van der Waals surface area contributed by atoms with Crippen LogP contribution in [0.1, 0.15) is 28.4 Å². The number of thiazole rings is 1. The van der Waals surface area contributed by atoms with Gasteiger partial charge in [-0.3, -0.25) is 4.99 Å². The molecule has 9 heteroatoms. The lowest BCUT2D eigenvalue weighted by Crippen LogP contribution is -2.53. The van der Waals surface area contributed by atoms with Gasteiger partial charge in [-0.05, 0) is 26.7 Å². The SMILES string of the molecule is CN=C(NCc1sc(C)nc1C)NCC1(S(C)(=O)=O)CCOCC1. The van der Waals surface area contributed by atoms with Crippen LogP contribution in [0.15, 0.2) is 4.99 Å². The lowest BCUT2D eigenvalue weighted by Gasteiger charge is -2.35. The molecule has 0 bridgehead atoms. The van der Waals surface area contributed by atoms with E-state index in [0.29, 0.717) is 45.1 Å². The highest BCUT2D eigenvalue weighted by Gasteiger charge is 2.42. The van der Waals surface area contributed by atoms with Crippen LogP contribution in [0.25, 0.3) is 0 Å². The highest BCUT2D eigenvalue weighted by atomic mass is 32.2. The Hall–Kier alpha value is -1.19. The van der Waals surface area contributed by atoms with E-state index in [1.165, 1.54) is 6.26 Å². The standard InChI is InChI=1S/C15H26N4O3S2/c1-11-13(23-12(2)19-11)9-17-14(16-3)18-10-15(24(4,20)21)5-7-22-8-6-15/h5-10H2,1-4H3,(H2,16,17,18). The van der Waals surface area contributed by atoms with Crippen LogP contribution in [-0.4, -0.2) is 57.2 Å². The molecule has 1 aliphatic heterocycles. The number of nitrogens with zero attached hydrogens (tertiary/aromatic N) is 2. The number of aromatic nitrogens is 1. The van der Waals surface area contributed by atoms with E-state index in [0.717, 1.165) is 15.6 Å². The first kappa shape index (κ1) is 19.1. The van der Waals surface area contributed by atoms with Crippen molar-refractivity contribution < 1.29 is 13.2 Å². The number of sulfone groups is 1. The molecule has 2 rings (SSSR count). The summed E-state index contributed by atoms with van der Waals surface area (Å²) in [5.41, 5.74) is 1.01. The lowest BCUT2D eigenvalue weighted by molar-refractivity contribution is 0.0756. The number of hydrogen-bond donors (Lipinski definition) is 2. The van der Waals surface area contributed by atoms with Crippen LogP contribution in [-0.2, 0) is 21.1 Å². The number of guanidine groups is 1. The molecule has 1 fully saturated rings. The summed E-state index contributed by atoms with van der Waals surface area (Å²) in [6.45, 7) is 5.86. The Kier molecular flexibility index (Phi) is 6.22. The number of hydrogen-bond acceptors (Lipinski definition) is 6. The van der Waals surface area contributed by atoms with Crippen molar-refractivity contribution in [3.8, 4) is 0 Å². The molecule has 1 saturated heterocycles. The van der Waals surface area contributed by atoms with Gasteiger partial charge < -0.3 is 15.4 Å². The van der Waals surface area contributed by atoms with Crippen LogP contribution in [0.2, 0.25) is 0 Å². The smallest absolute Gasteiger partial charge is 0.191 e. The fourth-order valence-electron chi connectivity index (χ4n) is 2.79. The number of aryl methyl sites for hydroxylation is 2. The minimum Gasteiger partial charge on any atom is -0.381 e. The summed E-state index contributed by atoms with van der Waals surface area (Å²) in [7, 11) is -1.52. The van der Waals surface area contributed by atoms with Crippen molar-refractivity contribution in [1.82, 2.24) is 15.6 Å². The average Bonchev–Trinajstić information content (AvgIpc) is 2.85. The summed E-state index contributed by atoms with van der Waals surface area (Å²) in [6, 6.07) is 0. The molecule has 1 aromatic heterocycles. The number of rotatable bonds is 5. The molecular formula is C15H26N4O3S2. The van der Waals surface area contributed by atoms with Crippen molar-refractivity contribution >= 4 is 27.1 Å². The Morgan fingerprint density at radius 3 is 2.50 bits per heavy atom. The van der Waals surface area contributed by atoms with Crippen molar-refractivity contribution in [3.05, 3.63) is 15.6 Å². The molecule has 2 heterocycles. The van der Waals surface area contributed by atoms with E-state index in [1.807, 2.05) is 13.8 Å². The van der Waals surface area contributed by atoms with Crippen molar-refractivity contribution in [2.45, 2.75) is 38.0 Å². The summed E-state index contributed by atoms with van der Waals surface area (Å²) in [5.74, 6) is 0.593. The van der Waals surface area contributed by atoms with Gasteiger partial charge in [0.2, 0.25) is 0 Å². The molecule has 0 amide bonds. The zero-order chi connectivity index (χ0) is 17.8. The summed E-state index contributed by atoms with van der Waals surface area (Å²) >= 11 is 1.65. The molecule has 0 saturated carbocycles. The largest absolute Gasteiger partial charge is 0.381 e. The van der Waals surface area contributed by atoms with E-state index >= 15 is 0 Å². The van der Waals surface area contributed by atoms with Gasteiger partial charge in [0, 0.05) is 37.9 Å². The molecule has 0 radical (unpaired) electrons. The Bertz CT molecular complexity index is 692. The molecule has 136 valence electrons. The van der Waals surface area contributed by atoms with Gasteiger partial charge in [0.05, 0.1) is 22.0 Å². The van der Waals surface area contributed by atoms with E-state index in [-0.39, 0.29) is 0 Å². The summed E-state index contributed by atoms with van der Waals surface area (Å²) < 4.78 is 29.1. The van der Waals surface area contributed by atoms with E-state index in [2.05, 4.69) is 20.6 Å². The third-order valence-electron chi connectivity index (χ3n) is 4.41. The number of aliphatic imine (C=N–C) groups is 1. The van der Waals surface area contributed by atoms with Crippen LogP contribution in [0.3, 0.4) is 0 Å². The maximum atomic E-state index is 12.3. The maximum absolute atomic E-state index is 12.3. The van der Waals surface area contributed by atoms with Crippen molar-refractivity contribution in [2.75, 3.05) is 33.1 Å². The highest BCUT2D eigenvalue weighted by molar-refractivity contribution is 7.92. The second-order valence-corrected chi connectivity index (χ2v) is 9.79. The molecule has 7 nitrogen and oxygen atoms in total. The van der Waals surface area contributed by atoms with Crippen LogP contribution >= 0.6 is 11.3 Å². The Morgan fingerprint density at radius 2 is 2.00 bits per heavy atom. The topological polar surface area (TPSA) is 92.7 Å². The van der Waals surface area contributed by atoms with Gasteiger partial charge in [-0.25, -0.2) is 13.4 Å². The van der Waals surface area contributed by atoms with Gasteiger partial charge >= 0.3 is 0 Å². The third kappa shape index (κ3) is 4.46. The van der Waals surface area contributed by atoms with Crippen LogP contribution in [0.5, 0.6) is 0 Å². The fraction of sp³-hybridized carbons (Fsp3) is 0.733. The first-order valence-corrected chi connectivity index (χ1v) is 10.6. The van der Waals surface area contributed by atoms with Gasteiger partial charge in [-0.2, -0.15) is 0 Å². The predicted octanol–water partition coefficient (Wildman–Crippen LogP) is 1.02. The predicted molar refractivity (Wildman–Crippen MR) is 97.4 cm³/mol. The average molecular weight is 375 g/mol. The Balaban J connectivity index is 1.98. The molecule has 1 aromatic rings. The monoisotopic (exact) mass is 374 g/mol. The van der Waals surface area contributed by atoms with E-state index in [1.54, 1.807) is 18.4 Å². The van der Waals surface area contributed by atoms with Crippen LogP contribution in [0.4, 0.5) is 0 Å². The maximum Gasteiger partial charge on any atom is 0.191 e. The quantitative estimate of drug-likeness (QED) is 0.590. The molecule has 0 aromatic carbocycles. The minimum atomic E-state index is -3.20. The second kappa shape index (κ2) is 7.79. The first-order valence-electron chi connectivity index (χ1n) is 7.92. The van der Waals surface area contributed by atoms with E-state index < -0.39 is 14.6 Å². The normalized spacial score (nSPS) is 18.4. The van der Waals surface area contributed by atoms with Gasteiger partial charge in [0.15, 0.2) is 15.8 Å². The molecule has 24 heavy (non-hydrogen) atoms. The third-order valence-corrected chi connectivity index (χ3v) is 7.61. The van der Waals surface area contributed by atoms with E-state index in [9.17, 15) is 8.42 Å². The van der Waals surface area contributed by atoms with Gasteiger partial charge in [0.25, 0.3) is 0 Å². The molecule has 0 spiro atoms. The lowest BCUT2D eigenvalue weighted by atomic mass is 9.99. The minimum absolute atomic E-state index is 0.329. The summed E-state index contributed by atoms with van der Waals surface area (Å²) in [6.07, 6.45) is 2.31. The summed E-state index contributed by atoms with van der Waals surface area (Å²) in [5, 5.41) is 7.44. The molecule has 0 aliphatic carbocycles. The second-order valence-electron chi connectivity index (χ2n) is 6.09. The number of ether oxygens (including phenoxy) is 1. The fourth-order valence-corrected chi connectivity index (χ4v) is 4.91. The molecule has 0 atom stereocenters. The van der Waals surface area contributed by atoms with Crippen molar-refractivity contribution in [1.29, 1.82) is 0 Å². The Labute approximate surface area is 147 Å². The number of nitrogens with one attached hydrogen (secondary N) is 2. The van der Waals surface area contributed by atoms with Gasteiger partial charge in [-0.15, -0.1) is 11.3 Å². The Morgan fingerprint density at radius 1 is 1.33 bits per heavy atom. The molecular weight excluding hydrogens is 348 g/mol. The van der Waals surface area contributed by atoms with Crippen molar-refractivity contribution in [3.63, 3.8) is 0 Å². The van der Waals surface area contributed by atoms with Crippen LogP contribution < -0.4 is 10.6 Å². The zero-order valence-corrected chi connectivity index (χ0v) is 16.3. The van der Waals surface area contributed by atoms with Gasteiger partial charge in [-0.1, -0.05) is 0 Å². The van der Waals surface area contributed by atoms with Crippen molar-refractivity contribution in [2.24, 2.45) is 4.99 Å². The summed E-state index contributed by atoms with van der Waals surface area (Å²) in [4.78, 5) is 9.74. The highest BCUT2D eigenvalue weighted by Crippen LogP contribution is 2.28. The molecule has 1 aliphatic rings.